The van der Waals surface area contributed by atoms with Gasteiger partial charge in [-0.3, -0.25) is 4.79 Å². The number of carbonyl (C=O) groups is 1. The molecule has 0 saturated carbocycles. The number of aryl methyl sites for hydroxylation is 1. The van der Waals surface area contributed by atoms with E-state index < -0.39 is 0 Å². The van der Waals surface area contributed by atoms with Crippen molar-refractivity contribution in [1.29, 1.82) is 0 Å². The lowest BCUT2D eigenvalue weighted by molar-refractivity contribution is 0.102. The summed E-state index contributed by atoms with van der Waals surface area (Å²) in [5.74, 6) is 0.364. The molecule has 0 aliphatic heterocycles. The van der Waals surface area contributed by atoms with Crippen LogP contribution in [0.25, 0.3) is 22.3 Å². The first-order valence-corrected chi connectivity index (χ1v) is 8.77. The van der Waals surface area contributed by atoms with E-state index in [9.17, 15) is 4.79 Å². The molecule has 7 heteroatoms. The number of nitrogens with zero attached hydrogens (tertiary/aromatic N) is 5. The van der Waals surface area contributed by atoms with Crippen molar-refractivity contribution in [3.05, 3.63) is 60.3 Å². The zero-order valence-corrected chi connectivity index (χ0v) is 15.4. The predicted molar refractivity (Wildman–Crippen MR) is 105 cm³/mol. The van der Waals surface area contributed by atoms with Crippen LogP contribution in [0.3, 0.4) is 0 Å². The molecule has 4 aromatic rings. The summed E-state index contributed by atoms with van der Waals surface area (Å²) in [6.07, 6.45) is 2.05. The molecule has 1 N–H and O–H groups in total. The Bertz CT molecular complexity index is 1120. The molecule has 2 heterocycles. The number of hydrogen-bond donors (Lipinski definition) is 1. The van der Waals surface area contributed by atoms with Crippen molar-refractivity contribution >= 4 is 22.5 Å². The Labute approximate surface area is 156 Å². The summed E-state index contributed by atoms with van der Waals surface area (Å²) in [5, 5.41) is 16.0. The number of tetrazole rings is 1. The van der Waals surface area contributed by atoms with E-state index in [4.69, 9.17) is 0 Å². The maximum Gasteiger partial charge on any atom is 0.255 e. The van der Waals surface area contributed by atoms with Crippen molar-refractivity contribution in [1.82, 2.24) is 24.8 Å². The number of rotatable bonds is 4. The maximum atomic E-state index is 12.7. The SMILES string of the molecule is CC(C)n1ccc2cc(C(=O)Nc3cccc(-c4nnn(C)n4)c3)ccc21. The molecule has 136 valence electrons. The van der Waals surface area contributed by atoms with Crippen LogP contribution in [0.2, 0.25) is 0 Å². The summed E-state index contributed by atoms with van der Waals surface area (Å²) >= 11 is 0. The molecule has 7 nitrogen and oxygen atoms in total. The van der Waals surface area contributed by atoms with Gasteiger partial charge in [0.2, 0.25) is 5.82 Å². The second-order valence-corrected chi connectivity index (χ2v) is 6.73. The zero-order chi connectivity index (χ0) is 19.0. The van der Waals surface area contributed by atoms with E-state index >= 15 is 0 Å². The van der Waals surface area contributed by atoms with Gasteiger partial charge in [-0.2, -0.15) is 4.80 Å². The van der Waals surface area contributed by atoms with Crippen LogP contribution in [0.5, 0.6) is 0 Å². The Morgan fingerprint density at radius 1 is 1.11 bits per heavy atom. The average Bonchev–Trinajstić information content (AvgIpc) is 3.27. The molecular weight excluding hydrogens is 340 g/mol. The Morgan fingerprint density at radius 3 is 2.70 bits per heavy atom. The van der Waals surface area contributed by atoms with Crippen molar-refractivity contribution in [3.8, 4) is 11.4 Å². The van der Waals surface area contributed by atoms with Crippen molar-refractivity contribution < 1.29 is 4.79 Å². The summed E-state index contributed by atoms with van der Waals surface area (Å²) < 4.78 is 2.19. The fourth-order valence-electron chi connectivity index (χ4n) is 3.09. The highest BCUT2D eigenvalue weighted by Crippen LogP contribution is 2.23. The van der Waals surface area contributed by atoms with Gasteiger partial charge in [-0.1, -0.05) is 12.1 Å². The molecule has 1 amide bonds. The molecule has 2 aromatic heterocycles. The van der Waals surface area contributed by atoms with E-state index in [1.807, 2.05) is 54.7 Å². The van der Waals surface area contributed by atoms with Gasteiger partial charge in [-0.05, 0) is 55.5 Å². The number of carbonyl (C=O) groups excluding carboxylic acids is 1. The molecule has 0 saturated heterocycles. The maximum absolute atomic E-state index is 12.7. The second kappa shape index (κ2) is 6.68. The Balaban J connectivity index is 1.58. The van der Waals surface area contributed by atoms with Crippen LogP contribution in [-0.4, -0.2) is 30.7 Å². The zero-order valence-electron chi connectivity index (χ0n) is 15.4. The van der Waals surface area contributed by atoms with Crippen LogP contribution in [0, 0.1) is 0 Å². The summed E-state index contributed by atoms with van der Waals surface area (Å²) in [4.78, 5) is 14.1. The van der Waals surface area contributed by atoms with Crippen LogP contribution in [0.15, 0.2) is 54.7 Å². The van der Waals surface area contributed by atoms with Crippen LogP contribution in [0.4, 0.5) is 5.69 Å². The first-order chi connectivity index (χ1) is 13.0. The summed E-state index contributed by atoms with van der Waals surface area (Å²) in [7, 11) is 1.71. The largest absolute Gasteiger partial charge is 0.345 e. The van der Waals surface area contributed by atoms with Gasteiger partial charge in [0.25, 0.3) is 5.91 Å². The smallest absolute Gasteiger partial charge is 0.255 e. The van der Waals surface area contributed by atoms with Gasteiger partial charge in [0.05, 0.1) is 7.05 Å². The standard InChI is InChI=1S/C20H20N6O/c1-13(2)26-10-9-14-11-16(7-8-18(14)26)20(27)21-17-6-4-5-15(12-17)19-22-24-25(3)23-19/h4-13H,1-3H3,(H,21,27). The van der Waals surface area contributed by atoms with Crippen LogP contribution in [0.1, 0.15) is 30.2 Å². The number of benzene rings is 2. The Hall–Kier alpha value is -3.48. The first-order valence-electron chi connectivity index (χ1n) is 8.77. The van der Waals surface area contributed by atoms with Crippen molar-refractivity contribution in [2.45, 2.75) is 19.9 Å². The molecular formula is C20H20N6O. The van der Waals surface area contributed by atoms with Gasteiger partial charge in [0.15, 0.2) is 0 Å². The minimum Gasteiger partial charge on any atom is -0.345 e. The lowest BCUT2D eigenvalue weighted by Gasteiger charge is -2.10. The number of hydrogen-bond acceptors (Lipinski definition) is 4. The van der Waals surface area contributed by atoms with Gasteiger partial charge in [-0.15, -0.1) is 10.2 Å². The molecule has 2 aromatic carbocycles. The molecule has 0 radical (unpaired) electrons. The minimum absolute atomic E-state index is 0.154. The van der Waals surface area contributed by atoms with Crippen molar-refractivity contribution in [3.63, 3.8) is 0 Å². The quantitative estimate of drug-likeness (QED) is 0.602. The van der Waals surface area contributed by atoms with E-state index in [1.54, 1.807) is 7.05 Å². The van der Waals surface area contributed by atoms with E-state index in [-0.39, 0.29) is 5.91 Å². The molecule has 4 rings (SSSR count). The molecule has 0 spiro atoms. The van der Waals surface area contributed by atoms with Gasteiger partial charge >= 0.3 is 0 Å². The normalized spacial score (nSPS) is 11.3. The van der Waals surface area contributed by atoms with E-state index in [0.717, 1.165) is 16.5 Å². The van der Waals surface area contributed by atoms with Crippen LogP contribution in [-0.2, 0) is 7.05 Å². The van der Waals surface area contributed by atoms with Crippen LogP contribution < -0.4 is 5.32 Å². The molecule has 0 aliphatic rings. The Kier molecular flexibility index (Phi) is 4.19. The highest BCUT2D eigenvalue weighted by molar-refractivity contribution is 6.06. The number of aromatic nitrogens is 5. The molecule has 0 atom stereocenters. The van der Waals surface area contributed by atoms with Crippen molar-refractivity contribution in [2.75, 3.05) is 5.32 Å². The number of nitrogens with one attached hydrogen (secondary N) is 1. The van der Waals surface area contributed by atoms with E-state index in [2.05, 4.69) is 39.1 Å². The third-order valence-electron chi connectivity index (χ3n) is 4.43. The molecule has 0 bridgehead atoms. The molecule has 0 fully saturated rings. The second-order valence-electron chi connectivity index (χ2n) is 6.73. The predicted octanol–water partition coefficient (Wildman–Crippen LogP) is 3.67. The summed E-state index contributed by atoms with van der Waals surface area (Å²) in [6.45, 7) is 4.28. The number of amides is 1. The number of fused-ring (bicyclic) bond motifs is 1. The van der Waals surface area contributed by atoms with Gasteiger partial charge in [0, 0.05) is 40.0 Å². The third kappa shape index (κ3) is 3.31. The third-order valence-corrected chi connectivity index (χ3v) is 4.43. The highest BCUT2D eigenvalue weighted by Gasteiger charge is 2.11. The fraction of sp³-hybridized carbons (Fsp3) is 0.200. The molecule has 0 unspecified atom stereocenters. The van der Waals surface area contributed by atoms with Gasteiger partial charge in [-0.25, -0.2) is 0 Å². The van der Waals surface area contributed by atoms with Gasteiger partial charge in [0.1, 0.15) is 0 Å². The lowest BCUT2D eigenvalue weighted by Crippen LogP contribution is -2.11. The average molecular weight is 360 g/mol. The summed E-state index contributed by atoms with van der Waals surface area (Å²) in [5.41, 5.74) is 3.22. The highest BCUT2D eigenvalue weighted by atomic mass is 16.1. The van der Waals surface area contributed by atoms with Gasteiger partial charge < -0.3 is 9.88 Å². The first kappa shape index (κ1) is 17.0. The number of anilines is 1. The summed E-state index contributed by atoms with van der Waals surface area (Å²) in [6, 6.07) is 15.6. The topological polar surface area (TPSA) is 77.6 Å². The van der Waals surface area contributed by atoms with E-state index in [0.29, 0.717) is 23.1 Å². The lowest BCUT2D eigenvalue weighted by atomic mass is 10.1. The fourth-order valence-corrected chi connectivity index (χ4v) is 3.09. The van der Waals surface area contributed by atoms with E-state index in [1.165, 1.54) is 4.80 Å². The monoisotopic (exact) mass is 360 g/mol. The minimum atomic E-state index is -0.154. The Morgan fingerprint density at radius 2 is 1.96 bits per heavy atom. The molecule has 27 heavy (non-hydrogen) atoms. The van der Waals surface area contributed by atoms with Crippen LogP contribution >= 0.6 is 0 Å². The van der Waals surface area contributed by atoms with Crippen molar-refractivity contribution in [2.24, 2.45) is 7.05 Å². The molecule has 0 aliphatic carbocycles.